The van der Waals surface area contributed by atoms with Crippen molar-refractivity contribution >= 4 is 13.3 Å². The monoisotopic (exact) mass is 401 g/mol. The van der Waals surface area contributed by atoms with Gasteiger partial charge in [-0.25, -0.2) is 4.79 Å². The van der Waals surface area contributed by atoms with Gasteiger partial charge in [0.2, 0.25) is 6.03 Å². The van der Waals surface area contributed by atoms with Gasteiger partial charge in [0.05, 0.1) is 24.4 Å². The van der Waals surface area contributed by atoms with Gasteiger partial charge in [-0.3, -0.25) is 4.57 Å². The van der Waals surface area contributed by atoms with Crippen LogP contribution in [0.5, 0.6) is 0 Å². The van der Waals surface area contributed by atoms with E-state index in [-0.39, 0.29) is 17.8 Å². The molecule has 8 nitrogen and oxygen atoms in total. The van der Waals surface area contributed by atoms with Crippen molar-refractivity contribution in [1.82, 2.24) is 5.32 Å². The van der Waals surface area contributed by atoms with Crippen LogP contribution in [0, 0.1) is 0 Å². The second-order valence-corrected chi connectivity index (χ2v) is 8.72. The standard InChI is InChI=1S/C18H28NO7P/c1-3-24-18(25-4-2)27(22,23)12-16-10-19-15(11-26-16)9-13-5-7-14(8-6-13)17(20)21/h5-8,15-16,18-19H,3-4,9-12H2,1-2H3,(H,20,21)(H,22,23)/t15-,16+/m1/s1. The fraction of sp³-hybridized carbons (Fsp3) is 0.611. The SMILES string of the molecule is CCOC(OCC)P(=O)(O)C[C@@H]1CN[C@H](Cc2ccc(C(=O)O)cc2)CO1. The summed E-state index contributed by atoms with van der Waals surface area (Å²) in [6, 6.07) is 5.66. The topological polar surface area (TPSA) is 114 Å². The van der Waals surface area contributed by atoms with Gasteiger partial charge in [-0.2, -0.15) is 0 Å². The van der Waals surface area contributed by atoms with Crippen molar-refractivity contribution in [1.29, 1.82) is 0 Å². The number of ether oxygens (including phenoxy) is 3. The Morgan fingerprint density at radius 3 is 2.41 bits per heavy atom. The van der Waals surface area contributed by atoms with E-state index in [4.69, 9.17) is 19.3 Å². The van der Waals surface area contributed by atoms with Gasteiger partial charge in [-0.05, 0) is 38.0 Å². The average molecular weight is 401 g/mol. The molecule has 0 bridgehead atoms. The largest absolute Gasteiger partial charge is 0.478 e. The molecule has 0 spiro atoms. The van der Waals surface area contributed by atoms with Crippen LogP contribution in [0.2, 0.25) is 0 Å². The lowest BCUT2D eigenvalue weighted by atomic mass is 10.0. The molecule has 0 aromatic heterocycles. The van der Waals surface area contributed by atoms with Crippen molar-refractivity contribution in [3.8, 4) is 0 Å². The third-order valence-electron chi connectivity index (χ3n) is 4.26. The first-order valence-electron chi connectivity index (χ1n) is 9.07. The molecule has 2 rings (SSSR count). The maximum Gasteiger partial charge on any atom is 0.335 e. The Hall–Kier alpha value is -1.28. The van der Waals surface area contributed by atoms with Crippen LogP contribution < -0.4 is 5.32 Å². The van der Waals surface area contributed by atoms with Gasteiger partial charge < -0.3 is 29.5 Å². The molecule has 1 aliphatic heterocycles. The first-order chi connectivity index (χ1) is 12.9. The average Bonchev–Trinajstić information content (AvgIpc) is 2.63. The molecule has 1 aromatic rings. The van der Waals surface area contributed by atoms with Gasteiger partial charge in [-0.15, -0.1) is 0 Å². The Morgan fingerprint density at radius 2 is 1.93 bits per heavy atom. The van der Waals surface area contributed by atoms with Crippen LogP contribution in [-0.4, -0.2) is 66.7 Å². The van der Waals surface area contributed by atoms with Crippen LogP contribution >= 0.6 is 7.37 Å². The van der Waals surface area contributed by atoms with Crippen LogP contribution in [0.1, 0.15) is 29.8 Å². The minimum absolute atomic E-state index is 0.0370. The highest BCUT2D eigenvalue weighted by Gasteiger charge is 2.37. The maximum atomic E-state index is 12.6. The molecule has 1 unspecified atom stereocenters. The minimum atomic E-state index is -3.67. The summed E-state index contributed by atoms with van der Waals surface area (Å²) < 4.78 is 28.9. The van der Waals surface area contributed by atoms with Crippen LogP contribution in [0.3, 0.4) is 0 Å². The molecule has 1 aliphatic rings. The first-order valence-corrected chi connectivity index (χ1v) is 11.0. The molecule has 1 aromatic carbocycles. The zero-order valence-electron chi connectivity index (χ0n) is 15.7. The molecule has 3 atom stereocenters. The number of hydrogen-bond acceptors (Lipinski definition) is 6. The summed E-state index contributed by atoms with van der Waals surface area (Å²) in [5.41, 5.74) is 1.25. The lowest BCUT2D eigenvalue weighted by Gasteiger charge is -2.32. The number of rotatable bonds is 10. The van der Waals surface area contributed by atoms with Crippen LogP contribution in [0.15, 0.2) is 24.3 Å². The Balaban J connectivity index is 1.83. The van der Waals surface area contributed by atoms with E-state index in [9.17, 15) is 14.3 Å². The Labute approximate surface area is 159 Å². The summed E-state index contributed by atoms with van der Waals surface area (Å²) >= 11 is 0. The molecule has 1 heterocycles. The van der Waals surface area contributed by atoms with Crippen LogP contribution in [0.25, 0.3) is 0 Å². The van der Waals surface area contributed by atoms with E-state index in [1.54, 1.807) is 38.1 Å². The molecule has 1 fully saturated rings. The zero-order valence-corrected chi connectivity index (χ0v) is 16.6. The lowest BCUT2D eigenvalue weighted by molar-refractivity contribution is -0.0884. The van der Waals surface area contributed by atoms with Gasteiger partial charge in [0.15, 0.2) is 0 Å². The van der Waals surface area contributed by atoms with E-state index < -0.39 is 25.5 Å². The van der Waals surface area contributed by atoms with Crippen molar-refractivity contribution in [2.45, 2.75) is 38.4 Å². The number of aromatic carboxylic acids is 1. The number of benzene rings is 1. The highest BCUT2D eigenvalue weighted by molar-refractivity contribution is 7.58. The van der Waals surface area contributed by atoms with E-state index >= 15 is 0 Å². The summed E-state index contributed by atoms with van der Waals surface area (Å²) in [5, 5.41) is 12.3. The van der Waals surface area contributed by atoms with Crippen molar-refractivity contribution in [3.63, 3.8) is 0 Å². The molecule has 0 amide bonds. The number of nitrogens with one attached hydrogen (secondary N) is 1. The minimum Gasteiger partial charge on any atom is -0.478 e. The van der Waals surface area contributed by atoms with Gasteiger partial charge in [0, 0.05) is 25.8 Å². The number of carboxylic acids is 1. The summed E-state index contributed by atoms with van der Waals surface area (Å²) in [5.74, 6) is -0.950. The third kappa shape index (κ3) is 6.68. The second-order valence-electron chi connectivity index (χ2n) is 6.42. The molecule has 0 radical (unpaired) electrons. The van der Waals surface area contributed by atoms with Gasteiger partial charge in [0.1, 0.15) is 0 Å². The van der Waals surface area contributed by atoms with Crippen molar-refractivity contribution < 1.29 is 33.6 Å². The number of hydrogen-bond donors (Lipinski definition) is 3. The van der Waals surface area contributed by atoms with Crippen molar-refractivity contribution in [2.75, 3.05) is 32.5 Å². The van der Waals surface area contributed by atoms with Gasteiger partial charge >= 0.3 is 5.97 Å². The smallest absolute Gasteiger partial charge is 0.335 e. The molecule has 27 heavy (non-hydrogen) atoms. The highest BCUT2D eigenvalue weighted by atomic mass is 31.2. The molecule has 0 aliphatic carbocycles. The highest BCUT2D eigenvalue weighted by Crippen LogP contribution is 2.48. The van der Waals surface area contributed by atoms with E-state index in [0.29, 0.717) is 32.8 Å². The van der Waals surface area contributed by atoms with Gasteiger partial charge in [-0.1, -0.05) is 12.1 Å². The molecule has 0 saturated carbocycles. The van der Waals surface area contributed by atoms with E-state index in [1.165, 1.54) is 0 Å². The molecular weight excluding hydrogens is 373 g/mol. The van der Waals surface area contributed by atoms with Crippen LogP contribution in [-0.2, 0) is 25.2 Å². The molecular formula is C18H28NO7P. The van der Waals surface area contributed by atoms with E-state index in [1.807, 2.05) is 0 Å². The quantitative estimate of drug-likeness (QED) is 0.402. The predicted molar refractivity (Wildman–Crippen MR) is 100 cm³/mol. The third-order valence-corrected chi connectivity index (χ3v) is 6.15. The second kappa shape index (κ2) is 10.3. The number of morpholine rings is 1. The van der Waals surface area contributed by atoms with Crippen molar-refractivity contribution in [3.05, 3.63) is 35.4 Å². The number of carbonyl (C=O) groups is 1. The summed E-state index contributed by atoms with van der Waals surface area (Å²) in [7, 11) is -3.67. The Bertz CT molecular complexity index is 638. The van der Waals surface area contributed by atoms with E-state index in [2.05, 4.69) is 5.32 Å². The summed E-state index contributed by atoms with van der Waals surface area (Å²) in [6.45, 7) is 4.94. The summed E-state index contributed by atoms with van der Waals surface area (Å²) in [4.78, 5) is 21.2. The van der Waals surface area contributed by atoms with E-state index in [0.717, 1.165) is 5.56 Å². The Kier molecular flexibility index (Phi) is 8.41. The fourth-order valence-corrected chi connectivity index (χ4v) is 4.68. The van der Waals surface area contributed by atoms with Crippen LogP contribution in [0.4, 0.5) is 0 Å². The first kappa shape index (κ1) is 22.0. The fourth-order valence-electron chi connectivity index (χ4n) is 2.93. The molecule has 9 heteroatoms. The Morgan fingerprint density at radius 1 is 1.30 bits per heavy atom. The summed E-state index contributed by atoms with van der Waals surface area (Å²) in [6.07, 6.45) is 0.254. The normalized spacial score (nSPS) is 22.5. The molecule has 3 N–H and O–H groups in total. The van der Waals surface area contributed by atoms with Crippen molar-refractivity contribution in [2.24, 2.45) is 0 Å². The molecule has 1 saturated heterocycles. The number of carboxylic acid groups (broad SMARTS) is 1. The van der Waals surface area contributed by atoms with Gasteiger partial charge in [0.25, 0.3) is 7.37 Å². The molecule has 152 valence electrons. The zero-order chi connectivity index (χ0) is 19.9. The lowest BCUT2D eigenvalue weighted by Crippen LogP contribution is -2.48. The maximum absolute atomic E-state index is 12.6. The predicted octanol–water partition coefficient (Wildman–Crippen LogP) is 1.91.